The molecule has 9 heteroatoms. The Bertz CT molecular complexity index is 823. The standard InChI is InChI=1S/C14H19N5O4.C2H2/c1-7(2)12(21)17-14-16-11-10(13(22)18-14)15-6-19(11)9-4-3-8(5-20)23-9;1-2/h6-9,20H,3-5H2,1-2H3,(H2,16,17,18,21,22);1-2H/t8-,9+;/m0./s1. The normalized spacial score (nSPS) is 19.6. The number of hydrogen-bond donors (Lipinski definition) is 3. The molecule has 1 amide bonds. The fourth-order valence-electron chi connectivity index (χ4n) is 2.48. The van der Waals surface area contributed by atoms with Crippen molar-refractivity contribution in [3.05, 3.63) is 16.7 Å². The number of H-pyrrole nitrogens is 1. The molecular formula is C16H21N5O4. The van der Waals surface area contributed by atoms with Gasteiger partial charge in [-0.15, -0.1) is 12.8 Å². The third-order valence-corrected chi connectivity index (χ3v) is 3.80. The van der Waals surface area contributed by atoms with Crippen LogP contribution in [0.15, 0.2) is 11.1 Å². The minimum absolute atomic E-state index is 0.0488. The number of amides is 1. The molecule has 0 unspecified atom stereocenters. The van der Waals surface area contributed by atoms with E-state index >= 15 is 0 Å². The minimum atomic E-state index is -0.426. The summed E-state index contributed by atoms with van der Waals surface area (Å²) >= 11 is 0. The van der Waals surface area contributed by atoms with Crippen LogP contribution in [0.1, 0.15) is 32.9 Å². The zero-order valence-corrected chi connectivity index (χ0v) is 14.1. The van der Waals surface area contributed by atoms with Gasteiger partial charge in [-0.3, -0.25) is 24.5 Å². The molecule has 1 aliphatic rings. The average Bonchev–Trinajstić information content (AvgIpc) is 3.23. The van der Waals surface area contributed by atoms with Crippen LogP contribution in [-0.2, 0) is 9.53 Å². The van der Waals surface area contributed by atoms with Gasteiger partial charge in [0.25, 0.3) is 5.56 Å². The maximum absolute atomic E-state index is 12.1. The van der Waals surface area contributed by atoms with Gasteiger partial charge < -0.3 is 9.84 Å². The maximum atomic E-state index is 12.1. The van der Waals surface area contributed by atoms with E-state index in [-0.39, 0.29) is 42.2 Å². The summed E-state index contributed by atoms with van der Waals surface area (Å²) < 4.78 is 7.35. The second kappa shape index (κ2) is 7.92. The van der Waals surface area contributed by atoms with E-state index in [2.05, 4.69) is 33.1 Å². The van der Waals surface area contributed by atoms with E-state index in [1.807, 2.05) is 0 Å². The van der Waals surface area contributed by atoms with E-state index in [1.54, 1.807) is 18.4 Å². The number of ether oxygens (including phenoxy) is 1. The molecule has 1 fully saturated rings. The van der Waals surface area contributed by atoms with E-state index in [0.29, 0.717) is 12.1 Å². The Balaban J connectivity index is 0.00000109. The van der Waals surface area contributed by atoms with E-state index < -0.39 is 5.56 Å². The Morgan fingerprint density at radius 3 is 2.84 bits per heavy atom. The van der Waals surface area contributed by atoms with Crippen LogP contribution in [0.3, 0.4) is 0 Å². The first-order chi connectivity index (χ1) is 12.0. The highest BCUT2D eigenvalue weighted by molar-refractivity contribution is 5.91. The summed E-state index contributed by atoms with van der Waals surface area (Å²) in [7, 11) is 0. The van der Waals surface area contributed by atoms with E-state index in [9.17, 15) is 9.59 Å². The summed E-state index contributed by atoms with van der Waals surface area (Å²) in [4.78, 5) is 34.7. The quantitative estimate of drug-likeness (QED) is 0.698. The molecule has 0 aromatic carbocycles. The molecule has 3 N–H and O–H groups in total. The van der Waals surface area contributed by atoms with Crippen molar-refractivity contribution < 1.29 is 14.6 Å². The van der Waals surface area contributed by atoms with Gasteiger partial charge in [-0.2, -0.15) is 4.98 Å². The van der Waals surface area contributed by atoms with Crippen molar-refractivity contribution in [2.45, 2.75) is 39.0 Å². The van der Waals surface area contributed by atoms with Crippen LogP contribution >= 0.6 is 0 Å². The van der Waals surface area contributed by atoms with Crippen LogP contribution in [0.5, 0.6) is 0 Å². The Labute approximate surface area is 144 Å². The number of terminal acetylenes is 1. The summed E-state index contributed by atoms with van der Waals surface area (Å²) in [6.07, 6.45) is 10.4. The zero-order chi connectivity index (χ0) is 18.6. The molecule has 134 valence electrons. The van der Waals surface area contributed by atoms with Crippen molar-refractivity contribution in [1.82, 2.24) is 19.5 Å². The van der Waals surface area contributed by atoms with E-state index in [1.165, 1.54) is 6.33 Å². The molecule has 2 aromatic rings. The molecule has 2 aromatic heterocycles. The van der Waals surface area contributed by atoms with Crippen LogP contribution in [0.4, 0.5) is 5.95 Å². The number of hydrogen-bond acceptors (Lipinski definition) is 6. The van der Waals surface area contributed by atoms with Crippen LogP contribution in [0, 0.1) is 18.8 Å². The molecule has 2 atom stereocenters. The number of nitrogens with one attached hydrogen (secondary N) is 2. The average molecular weight is 347 g/mol. The van der Waals surface area contributed by atoms with Gasteiger partial charge in [-0.1, -0.05) is 13.8 Å². The number of aliphatic hydroxyl groups excluding tert-OH is 1. The number of anilines is 1. The summed E-state index contributed by atoms with van der Waals surface area (Å²) in [5.74, 6) is -0.389. The van der Waals surface area contributed by atoms with E-state index in [4.69, 9.17) is 9.84 Å². The molecule has 3 heterocycles. The summed E-state index contributed by atoms with van der Waals surface area (Å²) in [6.45, 7) is 3.45. The number of aromatic nitrogens is 4. The zero-order valence-electron chi connectivity index (χ0n) is 14.1. The van der Waals surface area contributed by atoms with Gasteiger partial charge in [0.15, 0.2) is 11.2 Å². The largest absolute Gasteiger partial charge is 0.394 e. The Morgan fingerprint density at radius 1 is 1.52 bits per heavy atom. The number of carbonyl (C=O) groups excluding carboxylic acids is 1. The number of nitrogens with zero attached hydrogens (tertiary/aromatic N) is 3. The Kier molecular flexibility index (Phi) is 5.90. The smallest absolute Gasteiger partial charge is 0.280 e. The van der Waals surface area contributed by atoms with Gasteiger partial charge in [0.05, 0.1) is 19.0 Å². The highest BCUT2D eigenvalue weighted by Gasteiger charge is 2.28. The number of imidazole rings is 1. The third kappa shape index (κ3) is 3.87. The van der Waals surface area contributed by atoms with Crippen molar-refractivity contribution in [3.63, 3.8) is 0 Å². The van der Waals surface area contributed by atoms with Gasteiger partial charge in [0.1, 0.15) is 6.23 Å². The van der Waals surface area contributed by atoms with Crippen LogP contribution in [0.2, 0.25) is 0 Å². The maximum Gasteiger partial charge on any atom is 0.280 e. The second-order valence-corrected chi connectivity index (χ2v) is 5.86. The van der Waals surface area contributed by atoms with Crippen LogP contribution in [-0.4, -0.2) is 43.2 Å². The summed E-state index contributed by atoms with van der Waals surface area (Å²) in [5.41, 5.74) is 0.101. The first kappa shape index (κ1) is 18.6. The van der Waals surface area contributed by atoms with Crippen molar-refractivity contribution in [1.29, 1.82) is 0 Å². The molecule has 0 aliphatic carbocycles. The van der Waals surface area contributed by atoms with Crippen molar-refractivity contribution in [2.75, 3.05) is 11.9 Å². The van der Waals surface area contributed by atoms with Crippen LogP contribution in [0.25, 0.3) is 11.2 Å². The number of fused-ring (bicyclic) bond motifs is 1. The highest BCUT2D eigenvalue weighted by Crippen LogP contribution is 2.29. The molecule has 1 aliphatic heterocycles. The Hall–Kier alpha value is -2.70. The molecule has 9 nitrogen and oxygen atoms in total. The van der Waals surface area contributed by atoms with Crippen molar-refractivity contribution in [2.24, 2.45) is 5.92 Å². The first-order valence-corrected chi connectivity index (χ1v) is 7.87. The molecule has 1 saturated heterocycles. The second-order valence-electron chi connectivity index (χ2n) is 5.86. The number of rotatable bonds is 4. The van der Waals surface area contributed by atoms with E-state index in [0.717, 1.165) is 6.42 Å². The molecule has 0 radical (unpaired) electrons. The number of carbonyl (C=O) groups is 1. The monoisotopic (exact) mass is 347 g/mol. The summed E-state index contributed by atoms with van der Waals surface area (Å²) in [5, 5.41) is 11.7. The fraction of sp³-hybridized carbons (Fsp3) is 0.500. The predicted octanol–water partition coefficient (Wildman–Crippen LogP) is 0.633. The number of aliphatic hydroxyl groups is 1. The van der Waals surface area contributed by atoms with Crippen LogP contribution < -0.4 is 10.9 Å². The molecule has 0 spiro atoms. The molecule has 25 heavy (non-hydrogen) atoms. The number of aromatic amines is 1. The SMILES string of the molecule is C#C.CC(C)C(=O)Nc1nc2c(ncn2[C@H]2CC[C@@H](CO)O2)c(=O)[nH]1. The lowest BCUT2D eigenvalue weighted by molar-refractivity contribution is -0.118. The summed E-state index contributed by atoms with van der Waals surface area (Å²) in [6, 6.07) is 0. The molecular weight excluding hydrogens is 326 g/mol. The first-order valence-electron chi connectivity index (χ1n) is 7.87. The van der Waals surface area contributed by atoms with Gasteiger partial charge in [-0.05, 0) is 12.8 Å². The highest BCUT2D eigenvalue weighted by atomic mass is 16.5. The molecule has 3 rings (SSSR count). The van der Waals surface area contributed by atoms with Crippen molar-refractivity contribution in [3.8, 4) is 12.8 Å². The lowest BCUT2D eigenvalue weighted by Crippen LogP contribution is -2.22. The minimum Gasteiger partial charge on any atom is -0.394 e. The van der Waals surface area contributed by atoms with Crippen molar-refractivity contribution >= 4 is 23.0 Å². The lowest BCUT2D eigenvalue weighted by Gasteiger charge is -2.14. The van der Waals surface area contributed by atoms with Gasteiger partial charge in [0, 0.05) is 5.92 Å². The van der Waals surface area contributed by atoms with Gasteiger partial charge >= 0.3 is 0 Å². The molecule has 0 saturated carbocycles. The fourth-order valence-corrected chi connectivity index (χ4v) is 2.48. The topological polar surface area (TPSA) is 122 Å². The Morgan fingerprint density at radius 2 is 2.24 bits per heavy atom. The predicted molar refractivity (Wildman–Crippen MR) is 91.7 cm³/mol. The van der Waals surface area contributed by atoms with Gasteiger partial charge in [0.2, 0.25) is 11.9 Å². The third-order valence-electron chi connectivity index (χ3n) is 3.80. The van der Waals surface area contributed by atoms with Gasteiger partial charge in [-0.25, -0.2) is 4.98 Å². The lowest BCUT2D eigenvalue weighted by atomic mass is 10.2. The molecule has 0 bridgehead atoms.